The normalized spacial score (nSPS) is 14.6. The summed E-state index contributed by atoms with van der Waals surface area (Å²) in [4.78, 5) is 22.5. The Morgan fingerprint density at radius 3 is 2.38 bits per heavy atom. The Hall–Kier alpha value is -2.69. The highest BCUT2D eigenvalue weighted by Gasteiger charge is 2.18. The number of H-pyrrole nitrogens is 1. The molecule has 5 heteroatoms. The molecule has 1 heterocycles. The third-order valence-electron chi connectivity index (χ3n) is 3.63. The lowest BCUT2D eigenvalue weighted by atomic mass is 10.1. The summed E-state index contributed by atoms with van der Waals surface area (Å²) >= 11 is 0. The molecule has 21 heavy (non-hydrogen) atoms. The van der Waals surface area contributed by atoms with Gasteiger partial charge in [-0.05, 0) is 31.5 Å². The number of nitrogens with one attached hydrogen (secondary N) is 2. The van der Waals surface area contributed by atoms with E-state index in [9.17, 15) is 9.59 Å². The molecular weight excluding hydrogens is 266 g/mol. The number of rotatable bonds is 3. The fraction of sp³-hybridized carbons (Fsp3) is 0.188. The zero-order valence-corrected chi connectivity index (χ0v) is 11.6. The van der Waals surface area contributed by atoms with Crippen molar-refractivity contribution in [2.45, 2.75) is 19.8 Å². The van der Waals surface area contributed by atoms with Gasteiger partial charge < -0.3 is 5.32 Å². The molecule has 0 saturated carbocycles. The van der Waals surface area contributed by atoms with Gasteiger partial charge in [0.1, 0.15) is 0 Å². The standard InChI is InChI=1S/C16H15N3O2/c1-10-13(6-8-15(10)20)17-12-4-2-11(3-5-12)14-7-9-16(21)19-18-14/h2-5,7,9,17H,6,8H2,1H3,(H,19,21). The quantitative estimate of drug-likeness (QED) is 0.906. The number of ketones is 1. The fourth-order valence-corrected chi connectivity index (χ4v) is 2.34. The molecule has 0 amide bonds. The molecule has 1 aliphatic rings. The predicted octanol–water partition coefficient (Wildman–Crippen LogP) is 2.49. The summed E-state index contributed by atoms with van der Waals surface area (Å²) in [6, 6.07) is 10.9. The summed E-state index contributed by atoms with van der Waals surface area (Å²) < 4.78 is 0. The van der Waals surface area contributed by atoms with Crippen LogP contribution in [0.5, 0.6) is 0 Å². The molecule has 1 aliphatic carbocycles. The fourth-order valence-electron chi connectivity index (χ4n) is 2.34. The van der Waals surface area contributed by atoms with Crippen LogP contribution in [0.2, 0.25) is 0 Å². The van der Waals surface area contributed by atoms with E-state index in [1.807, 2.05) is 31.2 Å². The van der Waals surface area contributed by atoms with Gasteiger partial charge in [-0.3, -0.25) is 9.59 Å². The van der Waals surface area contributed by atoms with Crippen LogP contribution in [0.3, 0.4) is 0 Å². The Kier molecular flexibility index (Phi) is 3.39. The predicted molar refractivity (Wildman–Crippen MR) is 80.9 cm³/mol. The van der Waals surface area contributed by atoms with Crippen molar-refractivity contribution in [1.82, 2.24) is 10.2 Å². The summed E-state index contributed by atoms with van der Waals surface area (Å²) in [6.07, 6.45) is 1.36. The number of hydrogen-bond acceptors (Lipinski definition) is 4. The van der Waals surface area contributed by atoms with Gasteiger partial charge in [0.05, 0.1) is 5.69 Å². The second-order valence-electron chi connectivity index (χ2n) is 5.04. The maximum absolute atomic E-state index is 11.5. The monoisotopic (exact) mass is 281 g/mol. The average Bonchev–Trinajstić information content (AvgIpc) is 2.81. The van der Waals surface area contributed by atoms with E-state index < -0.39 is 0 Å². The lowest BCUT2D eigenvalue weighted by molar-refractivity contribution is -0.114. The summed E-state index contributed by atoms with van der Waals surface area (Å²) in [5, 5.41) is 9.70. The molecule has 2 N–H and O–H groups in total. The minimum Gasteiger partial charge on any atom is -0.359 e. The summed E-state index contributed by atoms with van der Waals surface area (Å²) in [5.41, 5.74) is 4.17. The van der Waals surface area contributed by atoms with Crippen molar-refractivity contribution in [3.8, 4) is 11.3 Å². The van der Waals surface area contributed by atoms with Gasteiger partial charge in [0.25, 0.3) is 5.56 Å². The molecule has 0 unspecified atom stereocenters. The first kappa shape index (κ1) is 13.3. The van der Waals surface area contributed by atoms with Crippen molar-refractivity contribution in [3.63, 3.8) is 0 Å². The van der Waals surface area contributed by atoms with Gasteiger partial charge in [-0.25, -0.2) is 5.10 Å². The molecule has 0 spiro atoms. The maximum atomic E-state index is 11.5. The topological polar surface area (TPSA) is 74.8 Å². The Balaban J connectivity index is 1.80. The van der Waals surface area contributed by atoms with E-state index in [1.165, 1.54) is 6.07 Å². The van der Waals surface area contributed by atoms with Crippen LogP contribution in [0.4, 0.5) is 5.69 Å². The van der Waals surface area contributed by atoms with Gasteiger partial charge in [-0.15, -0.1) is 0 Å². The molecule has 0 radical (unpaired) electrons. The number of carbonyl (C=O) groups is 1. The van der Waals surface area contributed by atoms with E-state index in [0.29, 0.717) is 12.1 Å². The molecule has 0 fully saturated rings. The Labute approximate surface area is 121 Å². The number of benzene rings is 1. The number of carbonyl (C=O) groups excluding carboxylic acids is 1. The Morgan fingerprint density at radius 1 is 1.05 bits per heavy atom. The number of allylic oxidation sites excluding steroid dienone is 2. The molecule has 5 nitrogen and oxygen atoms in total. The van der Waals surface area contributed by atoms with Crippen LogP contribution < -0.4 is 10.9 Å². The molecule has 3 rings (SSSR count). The molecule has 106 valence electrons. The van der Waals surface area contributed by atoms with Crippen LogP contribution >= 0.6 is 0 Å². The van der Waals surface area contributed by atoms with Crippen LogP contribution in [0.1, 0.15) is 19.8 Å². The smallest absolute Gasteiger partial charge is 0.264 e. The number of nitrogens with zero attached hydrogens (tertiary/aromatic N) is 1. The lowest BCUT2D eigenvalue weighted by Gasteiger charge is -2.09. The first-order valence-electron chi connectivity index (χ1n) is 6.79. The first-order valence-corrected chi connectivity index (χ1v) is 6.79. The second kappa shape index (κ2) is 5.36. The number of hydrogen-bond donors (Lipinski definition) is 2. The van der Waals surface area contributed by atoms with E-state index >= 15 is 0 Å². The van der Waals surface area contributed by atoms with Gasteiger partial charge in [-0.1, -0.05) is 12.1 Å². The molecule has 0 saturated heterocycles. The van der Waals surface area contributed by atoms with E-state index in [4.69, 9.17) is 0 Å². The van der Waals surface area contributed by atoms with Crippen LogP contribution in [0.25, 0.3) is 11.3 Å². The molecule has 2 aromatic rings. The molecule has 1 aromatic heterocycles. The van der Waals surface area contributed by atoms with Crippen molar-refractivity contribution < 1.29 is 4.79 Å². The second-order valence-corrected chi connectivity index (χ2v) is 5.04. The summed E-state index contributed by atoms with van der Waals surface area (Å²) in [5.74, 6) is 0.214. The number of aromatic amines is 1. The van der Waals surface area contributed by atoms with Gasteiger partial charge >= 0.3 is 0 Å². The maximum Gasteiger partial charge on any atom is 0.264 e. The van der Waals surface area contributed by atoms with E-state index in [-0.39, 0.29) is 11.3 Å². The van der Waals surface area contributed by atoms with Crippen LogP contribution in [-0.2, 0) is 4.79 Å². The van der Waals surface area contributed by atoms with Gasteiger partial charge in [0, 0.05) is 35.0 Å². The minimum absolute atomic E-state index is 0.214. The molecule has 0 aliphatic heterocycles. The van der Waals surface area contributed by atoms with Crippen molar-refractivity contribution in [2.24, 2.45) is 0 Å². The number of aromatic nitrogens is 2. The van der Waals surface area contributed by atoms with Gasteiger partial charge in [-0.2, -0.15) is 5.10 Å². The average molecular weight is 281 g/mol. The zero-order chi connectivity index (χ0) is 14.8. The highest BCUT2D eigenvalue weighted by atomic mass is 16.1. The number of Topliss-reactive ketones (excluding diaryl/α,β-unsaturated/α-hetero) is 1. The summed E-state index contributed by atoms with van der Waals surface area (Å²) in [7, 11) is 0. The molecule has 0 atom stereocenters. The van der Waals surface area contributed by atoms with E-state index in [1.54, 1.807) is 6.07 Å². The first-order chi connectivity index (χ1) is 10.1. The van der Waals surface area contributed by atoms with Crippen molar-refractivity contribution in [3.05, 3.63) is 58.0 Å². The molecule has 0 bridgehead atoms. The van der Waals surface area contributed by atoms with E-state index in [0.717, 1.165) is 28.9 Å². The largest absolute Gasteiger partial charge is 0.359 e. The van der Waals surface area contributed by atoms with Gasteiger partial charge in [0.2, 0.25) is 0 Å². The Bertz CT molecular complexity index is 752. The highest BCUT2D eigenvalue weighted by Crippen LogP contribution is 2.25. The van der Waals surface area contributed by atoms with Crippen LogP contribution in [-0.4, -0.2) is 16.0 Å². The van der Waals surface area contributed by atoms with Crippen LogP contribution in [0.15, 0.2) is 52.5 Å². The zero-order valence-electron chi connectivity index (χ0n) is 11.6. The molecule has 1 aromatic carbocycles. The highest BCUT2D eigenvalue weighted by molar-refractivity contribution is 5.98. The van der Waals surface area contributed by atoms with Crippen molar-refractivity contribution in [2.75, 3.05) is 5.32 Å². The lowest BCUT2D eigenvalue weighted by Crippen LogP contribution is -2.05. The van der Waals surface area contributed by atoms with Crippen molar-refractivity contribution in [1.29, 1.82) is 0 Å². The SMILES string of the molecule is CC1=C(Nc2ccc(-c3ccc(=O)[nH]n3)cc2)CCC1=O. The Morgan fingerprint density at radius 2 is 1.81 bits per heavy atom. The minimum atomic E-state index is -0.217. The third-order valence-corrected chi connectivity index (χ3v) is 3.63. The molecular formula is C16H15N3O2. The van der Waals surface area contributed by atoms with Crippen LogP contribution in [0, 0.1) is 0 Å². The van der Waals surface area contributed by atoms with Crippen molar-refractivity contribution >= 4 is 11.5 Å². The third kappa shape index (κ3) is 2.76. The van der Waals surface area contributed by atoms with E-state index in [2.05, 4.69) is 15.5 Å². The van der Waals surface area contributed by atoms with Gasteiger partial charge in [0.15, 0.2) is 5.78 Å². The summed E-state index contributed by atoms with van der Waals surface area (Å²) in [6.45, 7) is 1.86. The number of anilines is 1.